The number of phenolic OH excluding ortho intramolecular Hbond substituents is 1. The first-order valence-corrected chi connectivity index (χ1v) is 7.03. The van der Waals surface area contributed by atoms with E-state index >= 15 is 0 Å². The van der Waals surface area contributed by atoms with E-state index in [1.165, 1.54) is 12.1 Å². The highest BCUT2D eigenvalue weighted by molar-refractivity contribution is 5.58. The van der Waals surface area contributed by atoms with Crippen LogP contribution in [0.3, 0.4) is 0 Å². The van der Waals surface area contributed by atoms with Gasteiger partial charge in [-0.15, -0.1) is 5.10 Å². The smallest absolute Gasteiger partial charge is 0.245 e. The molecule has 0 radical (unpaired) electrons. The Bertz CT molecular complexity index is 630. The summed E-state index contributed by atoms with van der Waals surface area (Å²) in [6.45, 7) is 2.36. The Labute approximate surface area is 121 Å². The van der Waals surface area contributed by atoms with Gasteiger partial charge in [0.15, 0.2) is 5.82 Å². The monoisotopic (exact) mass is 291 g/mol. The zero-order valence-corrected chi connectivity index (χ0v) is 11.6. The van der Waals surface area contributed by atoms with Crippen molar-refractivity contribution < 1.29 is 9.50 Å². The Morgan fingerprint density at radius 3 is 3.10 bits per heavy atom. The third-order valence-corrected chi connectivity index (χ3v) is 3.82. The molecule has 0 aliphatic carbocycles. The third kappa shape index (κ3) is 2.82. The van der Waals surface area contributed by atoms with Crippen LogP contribution in [0.25, 0.3) is 11.4 Å². The summed E-state index contributed by atoms with van der Waals surface area (Å²) in [6.07, 6.45) is 2.18. The van der Waals surface area contributed by atoms with Crippen molar-refractivity contribution in [2.24, 2.45) is 11.7 Å². The summed E-state index contributed by atoms with van der Waals surface area (Å²) < 4.78 is 13.8. The lowest BCUT2D eigenvalue weighted by Crippen LogP contribution is -2.38. The minimum absolute atomic E-state index is 0.113. The van der Waals surface area contributed by atoms with Gasteiger partial charge in [0.05, 0.1) is 5.56 Å². The second-order valence-electron chi connectivity index (χ2n) is 5.34. The molecule has 0 saturated carbocycles. The topological polar surface area (TPSA) is 91.1 Å². The van der Waals surface area contributed by atoms with Gasteiger partial charge in [-0.2, -0.15) is 4.98 Å². The molecule has 0 amide bonds. The molecule has 1 aliphatic heterocycles. The Kier molecular flexibility index (Phi) is 3.74. The van der Waals surface area contributed by atoms with Gasteiger partial charge in [0.25, 0.3) is 0 Å². The SMILES string of the molecule is NCC1CCCN(c2n[nH]c(-c3ccc(O)cc3F)n2)C1. The Morgan fingerprint density at radius 1 is 1.48 bits per heavy atom. The molecule has 1 fully saturated rings. The number of piperidine rings is 1. The molecule has 112 valence electrons. The van der Waals surface area contributed by atoms with Gasteiger partial charge in [-0.25, -0.2) is 4.39 Å². The van der Waals surface area contributed by atoms with Gasteiger partial charge in [-0.05, 0) is 37.4 Å². The Balaban J connectivity index is 1.83. The molecule has 0 bridgehead atoms. The van der Waals surface area contributed by atoms with Crippen molar-refractivity contribution in [1.82, 2.24) is 15.2 Å². The van der Waals surface area contributed by atoms with Crippen molar-refractivity contribution in [3.05, 3.63) is 24.0 Å². The quantitative estimate of drug-likeness (QED) is 0.797. The van der Waals surface area contributed by atoms with Gasteiger partial charge in [0.1, 0.15) is 11.6 Å². The molecule has 21 heavy (non-hydrogen) atoms. The van der Waals surface area contributed by atoms with E-state index in [9.17, 15) is 9.50 Å². The fourth-order valence-electron chi connectivity index (χ4n) is 2.65. The van der Waals surface area contributed by atoms with Crippen LogP contribution in [0.4, 0.5) is 10.3 Å². The lowest BCUT2D eigenvalue weighted by atomic mass is 9.99. The number of nitrogens with one attached hydrogen (secondary N) is 1. The first-order chi connectivity index (χ1) is 10.2. The van der Waals surface area contributed by atoms with Gasteiger partial charge in [-0.3, -0.25) is 5.10 Å². The normalized spacial score (nSPS) is 19.0. The summed E-state index contributed by atoms with van der Waals surface area (Å²) in [5.41, 5.74) is 6.02. The van der Waals surface area contributed by atoms with Gasteiger partial charge < -0.3 is 15.7 Å². The van der Waals surface area contributed by atoms with E-state index in [2.05, 4.69) is 20.1 Å². The van der Waals surface area contributed by atoms with Crippen LogP contribution in [0.2, 0.25) is 0 Å². The molecular weight excluding hydrogens is 273 g/mol. The van der Waals surface area contributed by atoms with E-state index in [0.29, 0.717) is 29.8 Å². The van der Waals surface area contributed by atoms with Crippen molar-refractivity contribution in [3.8, 4) is 17.1 Å². The number of H-pyrrole nitrogens is 1. The lowest BCUT2D eigenvalue weighted by Gasteiger charge is -2.31. The summed E-state index contributed by atoms with van der Waals surface area (Å²) in [4.78, 5) is 6.43. The Hall–Kier alpha value is -2.15. The van der Waals surface area contributed by atoms with Crippen molar-refractivity contribution in [2.45, 2.75) is 12.8 Å². The molecule has 1 saturated heterocycles. The summed E-state index contributed by atoms with van der Waals surface area (Å²) in [5.74, 6) is 0.730. The van der Waals surface area contributed by atoms with Crippen molar-refractivity contribution >= 4 is 5.95 Å². The number of halogens is 1. The van der Waals surface area contributed by atoms with E-state index in [0.717, 1.165) is 32.0 Å². The number of hydrogen-bond donors (Lipinski definition) is 3. The molecule has 2 aromatic rings. The maximum absolute atomic E-state index is 13.8. The molecule has 0 spiro atoms. The highest BCUT2D eigenvalue weighted by Crippen LogP contribution is 2.25. The lowest BCUT2D eigenvalue weighted by molar-refractivity contribution is 0.420. The fraction of sp³-hybridized carbons (Fsp3) is 0.429. The van der Waals surface area contributed by atoms with Gasteiger partial charge >= 0.3 is 0 Å². The zero-order chi connectivity index (χ0) is 14.8. The zero-order valence-electron chi connectivity index (χ0n) is 11.6. The Morgan fingerprint density at radius 2 is 2.33 bits per heavy atom. The number of rotatable bonds is 3. The third-order valence-electron chi connectivity index (χ3n) is 3.82. The van der Waals surface area contributed by atoms with Crippen LogP contribution in [0, 0.1) is 11.7 Å². The molecule has 3 rings (SSSR count). The van der Waals surface area contributed by atoms with Gasteiger partial charge in [0.2, 0.25) is 5.95 Å². The molecule has 4 N–H and O–H groups in total. The van der Waals surface area contributed by atoms with Crippen LogP contribution in [0.5, 0.6) is 5.75 Å². The predicted octanol–water partition coefficient (Wildman–Crippen LogP) is 1.49. The second-order valence-corrected chi connectivity index (χ2v) is 5.34. The standard InChI is InChI=1S/C14H18FN5O/c15-12-6-10(21)3-4-11(12)13-17-14(19-18-13)20-5-1-2-9(7-16)8-20/h3-4,6,9,21H,1-2,5,7-8,16H2,(H,17,18,19). The number of phenols is 1. The van der Waals surface area contributed by atoms with Crippen molar-refractivity contribution in [2.75, 3.05) is 24.5 Å². The van der Waals surface area contributed by atoms with E-state index in [-0.39, 0.29) is 5.75 Å². The van der Waals surface area contributed by atoms with Crippen molar-refractivity contribution in [3.63, 3.8) is 0 Å². The average molecular weight is 291 g/mol. The van der Waals surface area contributed by atoms with Gasteiger partial charge in [0, 0.05) is 19.2 Å². The largest absolute Gasteiger partial charge is 0.508 e. The molecule has 1 aromatic heterocycles. The molecule has 2 heterocycles. The molecule has 1 aliphatic rings. The molecule has 7 heteroatoms. The average Bonchev–Trinajstić information content (AvgIpc) is 2.97. The van der Waals surface area contributed by atoms with Crippen molar-refractivity contribution in [1.29, 1.82) is 0 Å². The van der Waals surface area contributed by atoms with E-state index in [1.54, 1.807) is 0 Å². The molecule has 1 atom stereocenters. The maximum Gasteiger partial charge on any atom is 0.245 e. The van der Waals surface area contributed by atoms with Crippen LogP contribution in [0.15, 0.2) is 18.2 Å². The van der Waals surface area contributed by atoms with E-state index in [1.807, 2.05) is 0 Å². The number of nitrogens with zero attached hydrogens (tertiary/aromatic N) is 3. The first kappa shape index (κ1) is 13.8. The number of aromatic amines is 1. The minimum Gasteiger partial charge on any atom is -0.508 e. The van der Waals surface area contributed by atoms with Gasteiger partial charge in [-0.1, -0.05) is 0 Å². The van der Waals surface area contributed by atoms with Crippen LogP contribution < -0.4 is 10.6 Å². The summed E-state index contributed by atoms with van der Waals surface area (Å²) in [5, 5.41) is 16.2. The second kappa shape index (κ2) is 5.69. The number of nitrogens with two attached hydrogens (primary N) is 1. The van der Waals surface area contributed by atoms with Crippen LogP contribution >= 0.6 is 0 Å². The fourth-order valence-corrected chi connectivity index (χ4v) is 2.65. The van der Waals surface area contributed by atoms with Crippen LogP contribution in [0.1, 0.15) is 12.8 Å². The highest BCUT2D eigenvalue weighted by Gasteiger charge is 2.22. The number of benzene rings is 1. The number of hydrogen-bond acceptors (Lipinski definition) is 5. The minimum atomic E-state index is -0.531. The maximum atomic E-state index is 13.8. The number of aromatic hydroxyl groups is 1. The molecular formula is C14H18FN5O. The molecule has 6 nitrogen and oxygen atoms in total. The summed E-state index contributed by atoms with van der Waals surface area (Å²) in [7, 11) is 0. The first-order valence-electron chi connectivity index (χ1n) is 7.03. The molecule has 1 aromatic carbocycles. The summed E-state index contributed by atoms with van der Waals surface area (Å²) in [6, 6.07) is 3.96. The van der Waals surface area contributed by atoms with Crippen LogP contribution in [-0.2, 0) is 0 Å². The number of aromatic nitrogens is 3. The predicted molar refractivity (Wildman–Crippen MR) is 77.4 cm³/mol. The highest BCUT2D eigenvalue weighted by atomic mass is 19.1. The number of anilines is 1. The summed E-state index contributed by atoms with van der Waals surface area (Å²) >= 11 is 0. The van der Waals surface area contributed by atoms with E-state index in [4.69, 9.17) is 5.73 Å². The molecule has 1 unspecified atom stereocenters. The van der Waals surface area contributed by atoms with E-state index < -0.39 is 5.82 Å². The van der Waals surface area contributed by atoms with Crippen LogP contribution in [-0.4, -0.2) is 39.9 Å².